The van der Waals surface area contributed by atoms with Gasteiger partial charge in [-0.1, -0.05) is 18.2 Å². The van der Waals surface area contributed by atoms with Crippen LogP contribution in [-0.2, 0) is 9.53 Å². The molecule has 2 aromatic carbocycles. The van der Waals surface area contributed by atoms with E-state index in [1.165, 1.54) is 6.07 Å². The number of ether oxygens (including phenoxy) is 3. The number of ketones is 1. The second-order valence-electron chi connectivity index (χ2n) is 6.53. The van der Waals surface area contributed by atoms with Gasteiger partial charge in [-0.15, -0.1) is 0 Å². The Labute approximate surface area is 162 Å². The number of hydrogen-bond donors (Lipinski definition) is 1. The van der Waals surface area contributed by atoms with Crippen molar-refractivity contribution < 1.29 is 28.6 Å². The smallest absolute Gasteiger partial charge is 0.339 e. The van der Waals surface area contributed by atoms with E-state index in [4.69, 9.17) is 14.2 Å². The van der Waals surface area contributed by atoms with Crippen LogP contribution in [0.3, 0.4) is 0 Å². The minimum Gasteiger partial charge on any atom is -0.486 e. The van der Waals surface area contributed by atoms with Crippen molar-refractivity contribution in [3.05, 3.63) is 59.2 Å². The number of benzene rings is 2. The van der Waals surface area contributed by atoms with Crippen molar-refractivity contribution in [1.29, 1.82) is 0 Å². The first-order valence-corrected chi connectivity index (χ1v) is 8.95. The zero-order chi connectivity index (χ0) is 20.1. The van der Waals surface area contributed by atoms with Crippen LogP contribution in [0.1, 0.15) is 40.1 Å². The molecule has 1 heterocycles. The molecule has 0 spiro atoms. The molecule has 0 fully saturated rings. The van der Waals surface area contributed by atoms with E-state index < -0.39 is 18.5 Å². The lowest BCUT2D eigenvalue weighted by molar-refractivity contribution is -0.124. The van der Waals surface area contributed by atoms with E-state index in [-0.39, 0.29) is 23.0 Å². The van der Waals surface area contributed by atoms with Crippen LogP contribution < -0.4 is 14.8 Å². The van der Waals surface area contributed by atoms with Crippen LogP contribution in [0.25, 0.3) is 0 Å². The van der Waals surface area contributed by atoms with Crippen molar-refractivity contribution in [3.8, 4) is 11.5 Å². The Kier molecular flexibility index (Phi) is 5.93. The topological polar surface area (TPSA) is 90.9 Å². The van der Waals surface area contributed by atoms with Crippen LogP contribution in [0.5, 0.6) is 11.5 Å². The summed E-state index contributed by atoms with van der Waals surface area (Å²) in [6.07, 6.45) is 0. The third-order valence-electron chi connectivity index (χ3n) is 3.98. The van der Waals surface area contributed by atoms with Crippen LogP contribution in [-0.4, -0.2) is 43.5 Å². The number of hydrogen-bond acceptors (Lipinski definition) is 6. The molecular formula is C21H21NO6. The summed E-state index contributed by atoms with van der Waals surface area (Å²) in [6.45, 7) is 4.07. The quantitative estimate of drug-likeness (QED) is 0.608. The van der Waals surface area contributed by atoms with Gasteiger partial charge in [0.05, 0.1) is 5.56 Å². The Morgan fingerprint density at radius 2 is 1.68 bits per heavy atom. The average molecular weight is 383 g/mol. The molecule has 1 aliphatic rings. The Bertz CT molecular complexity index is 906. The highest BCUT2D eigenvalue weighted by Gasteiger charge is 2.22. The van der Waals surface area contributed by atoms with Gasteiger partial charge < -0.3 is 19.5 Å². The Balaban J connectivity index is 1.79. The van der Waals surface area contributed by atoms with Gasteiger partial charge >= 0.3 is 5.97 Å². The number of carbonyl (C=O) groups excluding carboxylic acids is 3. The first-order valence-electron chi connectivity index (χ1n) is 8.95. The van der Waals surface area contributed by atoms with Gasteiger partial charge in [-0.25, -0.2) is 4.79 Å². The van der Waals surface area contributed by atoms with Gasteiger partial charge in [0, 0.05) is 17.2 Å². The van der Waals surface area contributed by atoms with Crippen LogP contribution >= 0.6 is 0 Å². The Hall–Kier alpha value is -3.35. The molecule has 1 amide bonds. The van der Waals surface area contributed by atoms with Gasteiger partial charge in [-0.3, -0.25) is 9.59 Å². The maximum absolute atomic E-state index is 13.0. The molecule has 1 N–H and O–H groups in total. The highest BCUT2D eigenvalue weighted by Crippen LogP contribution is 2.31. The Morgan fingerprint density at radius 1 is 1.00 bits per heavy atom. The minimum atomic E-state index is -0.736. The number of esters is 1. The van der Waals surface area contributed by atoms with Crippen LogP contribution in [0.2, 0.25) is 0 Å². The van der Waals surface area contributed by atoms with Crippen molar-refractivity contribution in [1.82, 2.24) is 5.32 Å². The number of nitrogens with one attached hydrogen (secondary N) is 1. The molecule has 7 heteroatoms. The maximum Gasteiger partial charge on any atom is 0.339 e. The van der Waals surface area contributed by atoms with Crippen molar-refractivity contribution in [2.75, 3.05) is 19.8 Å². The number of fused-ring (bicyclic) bond motifs is 1. The zero-order valence-electron chi connectivity index (χ0n) is 15.7. The zero-order valence-corrected chi connectivity index (χ0v) is 15.7. The van der Waals surface area contributed by atoms with Crippen LogP contribution in [0.4, 0.5) is 0 Å². The monoisotopic (exact) mass is 383 g/mol. The lowest BCUT2D eigenvalue weighted by Gasteiger charge is -2.18. The summed E-state index contributed by atoms with van der Waals surface area (Å²) in [5.74, 6) is -0.426. The molecule has 0 saturated heterocycles. The summed E-state index contributed by atoms with van der Waals surface area (Å²) in [4.78, 5) is 37.1. The second kappa shape index (κ2) is 8.56. The molecule has 0 bridgehead atoms. The van der Waals surface area contributed by atoms with E-state index in [0.717, 1.165) is 0 Å². The molecule has 2 aromatic rings. The summed E-state index contributed by atoms with van der Waals surface area (Å²) in [7, 11) is 0. The number of rotatable bonds is 6. The molecule has 0 radical (unpaired) electrons. The molecule has 0 aliphatic carbocycles. The summed E-state index contributed by atoms with van der Waals surface area (Å²) >= 11 is 0. The lowest BCUT2D eigenvalue weighted by atomic mass is 9.98. The summed E-state index contributed by atoms with van der Waals surface area (Å²) in [5.41, 5.74) is 0.648. The van der Waals surface area contributed by atoms with Gasteiger partial charge in [0.25, 0.3) is 5.91 Å². The van der Waals surface area contributed by atoms with Crippen molar-refractivity contribution in [3.63, 3.8) is 0 Å². The second-order valence-corrected chi connectivity index (χ2v) is 6.53. The third kappa shape index (κ3) is 4.49. The van der Waals surface area contributed by atoms with E-state index in [0.29, 0.717) is 30.3 Å². The van der Waals surface area contributed by atoms with E-state index >= 15 is 0 Å². The summed E-state index contributed by atoms with van der Waals surface area (Å²) in [5, 5.41) is 2.63. The average Bonchev–Trinajstić information content (AvgIpc) is 2.70. The van der Waals surface area contributed by atoms with Crippen molar-refractivity contribution in [2.45, 2.75) is 19.9 Å². The first kappa shape index (κ1) is 19.4. The SMILES string of the molecule is CC(C)NC(=O)COC(=O)c1ccccc1C(=O)c1ccc2c(c1)OCCO2. The first-order chi connectivity index (χ1) is 13.5. The highest BCUT2D eigenvalue weighted by atomic mass is 16.6. The fraction of sp³-hybridized carbons (Fsp3) is 0.286. The maximum atomic E-state index is 13.0. The van der Waals surface area contributed by atoms with E-state index in [1.807, 2.05) is 0 Å². The minimum absolute atomic E-state index is 0.0599. The molecule has 1 aliphatic heterocycles. The van der Waals surface area contributed by atoms with Crippen molar-refractivity contribution >= 4 is 17.7 Å². The Morgan fingerprint density at radius 3 is 2.39 bits per heavy atom. The van der Waals surface area contributed by atoms with Crippen LogP contribution in [0, 0.1) is 0 Å². The predicted octanol–water partition coefficient (Wildman–Crippen LogP) is 2.37. The molecule has 0 atom stereocenters. The number of carbonyl (C=O) groups is 3. The van der Waals surface area contributed by atoms with Gasteiger partial charge in [0.2, 0.25) is 0 Å². The summed E-state index contributed by atoms with van der Waals surface area (Å²) < 4.78 is 16.0. The molecule has 0 aromatic heterocycles. The normalized spacial score (nSPS) is 12.4. The molecule has 146 valence electrons. The fourth-order valence-electron chi connectivity index (χ4n) is 2.77. The lowest BCUT2D eigenvalue weighted by Crippen LogP contribution is -2.34. The molecule has 0 saturated carbocycles. The van der Waals surface area contributed by atoms with Crippen molar-refractivity contribution in [2.24, 2.45) is 0 Å². The molecule has 3 rings (SSSR count). The summed E-state index contributed by atoms with van der Waals surface area (Å²) in [6, 6.07) is 11.1. The molecular weight excluding hydrogens is 362 g/mol. The molecule has 7 nitrogen and oxygen atoms in total. The highest BCUT2D eigenvalue weighted by molar-refractivity contribution is 6.14. The van der Waals surface area contributed by atoms with Gasteiger partial charge in [-0.2, -0.15) is 0 Å². The third-order valence-corrected chi connectivity index (χ3v) is 3.98. The molecule has 0 unspecified atom stereocenters. The number of amides is 1. The fourth-order valence-corrected chi connectivity index (χ4v) is 2.77. The van der Waals surface area contributed by atoms with Gasteiger partial charge in [0.15, 0.2) is 23.9 Å². The molecule has 28 heavy (non-hydrogen) atoms. The van der Waals surface area contributed by atoms with E-state index in [2.05, 4.69) is 5.32 Å². The standard InChI is InChI=1S/C21H21NO6/c1-13(2)22-19(23)12-28-21(25)16-6-4-3-5-15(16)20(24)14-7-8-17-18(11-14)27-10-9-26-17/h3-8,11,13H,9-10,12H2,1-2H3,(H,22,23). The van der Waals surface area contributed by atoms with E-state index in [1.54, 1.807) is 50.2 Å². The van der Waals surface area contributed by atoms with E-state index in [9.17, 15) is 14.4 Å². The van der Waals surface area contributed by atoms with Gasteiger partial charge in [0.1, 0.15) is 13.2 Å². The predicted molar refractivity (Wildman–Crippen MR) is 101 cm³/mol. The van der Waals surface area contributed by atoms with Crippen LogP contribution in [0.15, 0.2) is 42.5 Å². The van der Waals surface area contributed by atoms with Gasteiger partial charge in [-0.05, 0) is 38.1 Å². The largest absolute Gasteiger partial charge is 0.486 e.